The van der Waals surface area contributed by atoms with Crippen molar-refractivity contribution in [3.8, 4) is 0 Å². The highest BCUT2D eigenvalue weighted by Crippen LogP contribution is 2.39. The van der Waals surface area contributed by atoms with Crippen LogP contribution in [0, 0.1) is 23.6 Å². The van der Waals surface area contributed by atoms with Crippen molar-refractivity contribution < 1.29 is 28.3 Å². The average molecular weight is 634 g/mol. The molecular formula is C35H44FN5O5. The van der Waals surface area contributed by atoms with Gasteiger partial charge in [-0.05, 0) is 121 Å². The molecule has 1 aliphatic carbocycles. The lowest BCUT2D eigenvalue weighted by molar-refractivity contribution is -0.120. The summed E-state index contributed by atoms with van der Waals surface area (Å²) < 4.78 is 19.7. The second-order valence-electron chi connectivity index (χ2n) is 14.3. The number of carbonyl (C=O) groups is 4. The summed E-state index contributed by atoms with van der Waals surface area (Å²) in [6.45, 7) is 8.47. The number of hydrogen-bond donors (Lipinski definition) is 2. The van der Waals surface area contributed by atoms with E-state index in [1.807, 2.05) is 20.8 Å². The predicted octanol–water partition coefficient (Wildman–Crippen LogP) is 5.39. The molecule has 1 saturated carbocycles. The Morgan fingerprint density at radius 2 is 1.74 bits per heavy atom. The van der Waals surface area contributed by atoms with Crippen LogP contribution in [0.2, 0.25) is 0 Å². The maximum Gasteiger partial charge on any atom is 0.407 e. The zero-order valence-corrected chi connectivity index (χ0v) is 26.9. The fourth-order valence-corrected chi connectivity index (χ4v) is 7.49. The van der Waals surface area contributed by atoms with Gasteiger partial charge in [0.1, 0.15) is 17.3 Å². The van der Waals surface area contributed by atoms with Gasteiger partial charge < -0.3 is 20.3 Å². The Kier molecular flexibility index (Phi) is 9.14. The van der Waals surface area contributed by atoms with Gasteiger partial charge >= 0.3 is 6.09 Å². The van der Waals surface area contributed by atoms with E-state index in [0.717, 1.165) is 70.4 Å². The second-order valence-corrected chi connectivity index (χ2v) is 14.3. The molecule has 5 heterocycles. The maximum absolute atomic E-state index is 14.4. The normalized spacial score (nSPS) is 27.6. The molecule has 2 bridgehead atoms. The zero-order valence-electron chi connectivity index (χ0n) is 26.9. The van der Waals surface area contributed by atoms with Crippen molar-refractivity contribution in [1.29, 1.82) is 0 Å². The van der Waals surface area contributed by atoms with Crippen LogP contribution < -0.4 is 15.5 Å². The third kappa shape index (κ3) is 7.09. The first-order valence-electron chi connectivity index (χ1n) is 16.6. The molecule has 11 heteroatoms. The van der Waals surface area contributed by atoms with E-state index in [-0.39, 0.29) is 35.3 Å². The minimum atomic E-state index is -0.988. The molecule has 2 atom stereocenters. The van der Waals surface area contributed by atoms with Crippen LogP contribution in [-0.4, -0.2) is 70.9 Å². The van der Waals surface area contributed by atoms with Crippen LogP contribution in [0.5, 0.6) is 0 Å². The van der Waals surface area contributed by atoms with Gasteiger partial charge in [-0.2, -0.15) is 0 Å². The van der Waals surface area contributed by atoms with Crippen molar-refractivity contribution >= 4 is 35.2 Å². The minimum absolute atomic E-state index is 0.0238. The molecule has 1 aromatic heterocycles. The fraction of sp³-hybridized carbons (Fsp3) is 0.571. The highest BCUT2D eigenvalue weighted by molar-refractivity contribution is 6.23. The maximum atomic E-state index is 14.4. The number of aromatic nitrogens is 1. The third-order valence-electron chi connectivity index (χ3n) is 9.92. The van der Waals surface area contributed by atoms with Gasteiger partial charge in [0.15, 0.2) is 11.6 Å². The SMILES string of the molecule is CC(C)(C)OC(=O)NC1CCC(CCC2C(=O)c3cc(F)cnc3N(c3cccc(C(=O)NC4CN5CCC4CC5)c3)C2=O)CC1. The lowest BCUT2D eigenvalue weighted by atomic mass is 9.80. The molecule has 246 valence electrons. The molecule has 7 rings (SSSR count). The summed E-state index contributed by atoms with van der Waals surface area (Å²) in [5.41, 5.74) is 0.331. The molecule has 46 heavy (non-hydrogen) atoms. The van der Waals surface area contributed by atoms with Gasteiger partial charge in [-0.1, -0.05) is 6.07 Å². The quantitative estimate of drug-likeness (QED) is 0.393. The van der Waals surface area contributed by atoms with Gasteiger partial charge in [0, 0.05) is 24.2 Å². The molecule has 0 spiro atoms. The van der Waals surface area contributed by atoms with Gasteiger partial charge in [-0.25, -0.2) is 14.2 Å². The highest BCUT2D eigenvalue weighted by atomic mass is 19.1. The van der Waals surface area contributed by atoms with Gasteiger partial charge in [0.2, 0.25) is 5.91 Å². The second kappa shape index (κ2) is 13.1. The largest absolute Gasteiger partial charge is 0.444 e. The third-order valence-corrected chi connectivity index (χ3v) is 9.92. The number of carbonyl (C=O) groups excluding carboxylic acids is 4. The topological polar surface area (TPSA) is 121 Å². The highest BCUT2D eigenvalue weighted by Gasteiger charge is 2.42. The summed E-state index contributed by atoms with van der Waals surface area (Å²) >= 11 is 0. The van der Waals surface area contributed by atoms with E-state index in [2.05, 4.69) is 20.5 Å². The van der Waals surface area contributed by atoms with Crippen LogP contribution in [0.3, 0.4) is 0 Å². The first-order chi connectivity index (χ1) is 21.9. The number of benzene rings is 1. The summed E-state index contributed by atoms with van der Waals surface area (Å²) in [6, 6.07) is 8.05. The number of anilines is 2. The number of halogens is 1. The van der Waals surface area contributed by atoms with E-state index in [1.165, 1.54) is 4.90 Å². The average Bonchev–Trinajstić information content (AvgIpc) is 3.02. The monoisotopic (exact) mass is 633 g/mol. The molecule has 2 unspecified atom stereocenters. The number of alkyl carbamates (subject to hydrolysis) is 1. The Labute approximate surface area is 269 Å². The zero-order chi connectivity index (χ0) is 32.6. The molecule has 10 nitrogen and oxygen atoms in total. The van der Waals surface area contributed by atoms with E-state index in [4.69, 9.17) is 4.74 Å². The lowest BCUT2D eigenvalue weighted by Gasteiger charge is -2.44. The molecule has 3 saturated heterocycles. The number of hydrogen-bond acceptors (Lipinski definition) is 7. The van der Waals surface area contributed by atoms with Crippen LogP contribution in [0.15, 0.2) is 36.5 Å². The van der Waals surface area contributed by atoms with Crippen LogP contribution in [-0.2, 0) is 9.53 Å². The number of fused-ring (bicyclic) bond motifs is 4. The molecule has 5 aliphatic rings. The van der Waals surface area contributed by atoms with Gasteiger partial charge in [-0.3, -0.25) is 19.3 Å². The summed E-state index contributed by atoms with van der Waals surface area (Å²) in [6.07, 6.45) is 6.97. The first-order valence-corrected chi connectivity index (χ1v) is 16.6. The number of rotatable bonds is 7. The van der Waals surface area contributed by atoms with E-state index in [9.17, 15) is 23.6 Å². The van der Waals surface area contributed by atoms with Crippen LogP contribution in [0.4, 0.5) is 20.7 Å². The minimum Gasteiger partial charge on any atom is -0.444 e. The molecule has 4 fully saturated rings. The molecule has 2 N–H and O–H groups in total. The van der Waals surface area contributed by atoms with Gasteiger partial charge in [-0.15, -0.1) is 0 Å². The van der Waals surface area contributed by atoms with E-state index < -0.39 is 35.1 Å². The van der Waals surface area contributed by atoms with Gasteiger partial charge in [0.25, 0.3) is 5.91 Å². The summed E-state index contributed by atoms with van der Waals surface area (Å²) in [4.78, 5) is 61.1. The number of amides is 3. The number of pyridine rings is 1. The molecule has 4 aliphatic heterocycles. The molecule has 2 aromatic rings. The van der Waals surface area contributed by atoms with Crippen molar-refractivity contribution in [3.05, 3.63) is 53.5 Å². The first kappa shape index (κ1) is 32.1. The Morgan fingerprint density at radius 1 is 1.00 bits per heavy atom. The van der Waals surface area contributed by atoms with Crippen molar-refractivity contribution in [2.24, 2.45) is 17.8 Å². The smallest absolute Gasteiger partial charge is 0.407 e. The van der Waals surface area contributed by atoms with Crippen molar-refractivity contribution in [2.75, 3.05) is 24.5 Å². The summed E-state index contributed by atoms with van der Waals surface area (Å²) in [7, 11) is 0. The fourth-order valence-electron chi connectivity index (χ4n) is 7.49. The molecule has 0 radical (unpaired) electrons. The van der Waals surface area contributed by atoms with E-state index in [1.54, 1.807) is 24.3 Å². The number of Topliss-reactive ketones (excluding diaryl/α,β-unsaturated/α-hetero) is 1. The summed E-state index contributed by atoms with van der Waals surface area (Å²) in [5, 5.41) is 6.15. The van der Waals surface area contributed by atoms with Crippen LogP contribution >= 0.6 is 0 Å². The molecule has 1 aromatic carbocycles. The Bertz CT molecular complexity index is 1490. The molecular weight excluding hydrogens is 589 g/mol. The number of nitrogens with one attached hydrogen (secondary N) is 2. The lowest BCUT2D eigenvalue weighted by Crippen LogP contribution is -2.57. The number of piperidine rings is 3. The van der Waals surface area contributed by atoms with E-state index in [0.29, 0.717) is 30.0 Å². The number of ether oxygens (including phenoxy) is 1. The molecule has 3 amide bonds. The van der Waals surface area contributed by atoms with Crippen molar-refractivity contribution in [1.82, 2.24) is 20.5 Å². The van der Waals surface area contributed by atoms with Crippen molar-refractivity contribution in [3.63, 3.8) is 0 Å². The summed E-state index contributed by atoms with van der Waals surface area (Å²) in [5.74, 6) is -1.87. The number of ketones is 1. The van der Waals surface area contributed by atoms with Gasteiger partial charge in [0.05, 0.1) is 17.4 Å². The van der Waals surface area contributed by atoms with Crippen LogP contribution in [0.25, 0.3) is 0 Å². The standard InChI is InChI=1S/C35H44FN5O5/c1-35(2,3)46-34(45)38-25-10-7-21(8-11-25)9-12-27-30(42)28-18-24(36)19-37-31(28)41(33(27)44)26-6-4-5-23(17-26)32(43)39-29-20-40-15-13-22(29)14-16-40/h4-6,17-19,21-22,25,27,29H,7-16,20H2,1-3H3,(H,38,45)(H,39,43). The predicted molar refractivity (Wildman–Crippen MR) is 170 cm³/mol. The Morgan fingerprint density at radius 3 is 2.41 bits per heavy atom. The van der Waals surface area contributed by atoms with E-state index >= 15 is 0 Å². The number of nitrogens with zero attached hydrogens (tertiary/aromatic N) is 3. The Hall–Kier alpha value is -3.86. The van der Waals surface area contributed by atoms with Crippen molar-refractivity contribution in [2.45, 2.75) is 89.8 Å². The Balaban J connectivity index is 1.14. The van der Waals surface area contributed by atoms with Crippen LogP contribution in [0.1, 0.15) is 92.9 Å².